The molecule has 1 N–H and O–H groups in total. The number of hydrogen-bond acceptors (Lipinski definition) is 4. The van der Waals surface area contributed by atoms with Crippen molar-refractivity contribution in [2.45, 2.75) is 39.5 Å². The van der Waals surface area contributed by atoms with Gasteiger partial charge in [0.15, 0.2) is 5.13 Å². The number of para-hydroxylation sites is 1. The molecule has 1 aromatic heterocycles. The molecule has 0 spiro atoms. The molecule has 3 rings (SSSR count). The van der Waals surface area contributed by atoms with Gasteiger partial charge in [0.25, 0.3) is 0 Å². The number of nitrogens with one attached hydrogen (secondary N) is 1. The van der Waals surface area contributed by atoms with Crippen LogP contribution in [0.5, 0.6) is 0 Å². The van der Waals surface area contributed by atoms with E-state index in [9.17, 15) is 4.79 Å². The number of hydrogen-bond donors (Lipinski definition) is 1. The summed E-state index contributed by atoms with van der Waals surface area (Å²) < 4.78 is 0. The maximum atomic E-state index is 12.5. The highest BCUT2D eigenvalue weighted by atomic mass is 32.1. The van der Waals surface area contributed by atoms with Crippen LogP contribution in [0.4, 0.5) is 16.5 Å². The second kappa shape index (κ2) is 10.2. The molecule has 0 saturated carbocycles. The summed E-state index contributed by atoms with van der Waals surface area (Å²) in [5, 5.41) is 6.08. The van der Waals surface area contributed by atoms with Gasteiger partial charge in [0.05, 0.1) is 5.69 Å². The topological polar surface area (TPSA) is 45.2 Å². The molecule has 0 radical (unpaired) electrons. The Bertz CT molecular complexity index is 905. The molecule has 1 unspecified atom stereocenters. The van der Waals surface area contributed by atoms with Crippen LogP contribution in [-0.2, 0) is 4.79 Å². The van der Waals surface area contributed by atoms with Crippen LogP contribution in [0.25, 0.3) is 11.3 Å². The van der Waals surface area contributed by atoms with Crippen LogP contribution in [0, 0.1) is 5.92 Å². The number of carbonyl (C=O) groups is 1. The molecule has 1 atom stereocenters. The monoisotopic (exact) mass is 407 g/mol. The van der Waals surface area contributed by atoms with E-state index in [2.05, 4.69) is 41.6 Å². The van der Waals surface area contributed by atoms with Gasteiger partial charge in [-0.1, -0.05) is 57.0 Å². The van der Waals surface area contributed by atoms with E-state index in [-0.39, 0.29) is 11.8 Å². The molecule has 2 aromatic carbocycles. The normalized spacial score (nSPS) is 11.8. The second-order valence-electron chi connectivity index (χ2n) is 7.22. The molecule has 0 aliphatic heterocycles. The summed E-state index contributed by atoms with van der Waals surface area (Å²) in [6.07, 6.45) is 4.04. The van der Waals surface area contributed by atoms with Gasteiger partial charge in [0, 0.05) is 35.3 Å². The van der Waals surface area contributed by atoms with Gasteiger partial charge in [-0.2, -0.15) is 0 Å². The van der Waals surface area contributed by atoms with Gasteiger partial charge in [-0.3, -0.25) is 4.79 Å². The van der Waals surface area contributed by atoms with E-state index in [0.29, 0.717) is 0 Å². The SMILES string of the molecule is CCCCC(CC)C(=O)Nc1ccc(-c2csc(N(C)c3ccccc3)n2)cc1. The number of nitrogens with zero attached hydrogens (tertiary/aromatic N) is 2. The molecule has 0 saturated heterocycles. The molecule has 0 aliphatic carbocycles. The predicted molar refractivity (Wildman–Crippen MR) is 124 cm³/mol. The number of thiazole rings is 1. The fourth-order valence-electron chi connectivity index (χ4n) is 3.25. The van der Waals surface area contributed by atoms with E-state index in [1.165, 1.54) is 0 Å². The first kappa shape index (κ1) is 21.1. The van der Waals surface area contributed by atoms with Crippen LogP contribution in [0.1, 0.15) is 39.5 Å². The van der Waals surface area contributed by atoms with Crippen molar-refractivity contribution in [3.8, 4) is 11.3 Å². The summed E-state index contributed by atoms with van der Waals surface area (Å²) in [6.45, 7) is 4.24. The highest BCUT2D eigenvalue weighted by Crippen LogP contribution is 2.31. The van der Waals surface area contributed by atoms with E-state index >= 15 is 0 Å². The van der Waals surface area contributed by atoms with Crippen molar-refractivity contribution < 1.29 is 4.79 Å². The molecule has 3 aromatic rings. The Morgan fingerprint density at radius 3 is 2.48 bits per heavy atom. The largest absolute Gasteiger partial charge is 0.326 e. The molecule has 5 heteroatoms. The smallest absolute Gasteiger partial charge is 0.227 e. The predicted octanol–water partition coefficient (Wildman–Crippen LogP) is 6.73. The highest BCUT2D eigenvalue weighted by Gasteiger charge is 2.16. The van der Waals surface area contributed by atoms with Crippen molar-refractivity contribution in [2.75, 3.05) is 17.3 Å². The number of benzene rings is 2. The van der Waals surface area contributed by atoms with Crippen LogP contribution in [-0.4, -0.2) is 17.9 Å². The third-order valence-corrected chi connectivity index (χ3v) is 6.06. The van der Waals surface area contributed by atoms with Crippen molar-refractivity contribution >= 4 is 33.8 Å². The summed E-state index contributed by atoms with van der Waals surface area (Å²) in [6, 6.07) is 18.2. The average molecular weight is 408 g/mol. The van der Waals surface area contributed by atoms with Crippen LogP contribution < -0.4 is 10.2 Å². The Kier molecular flexibility index (Phi) is 7.42. The van der Waals surface area contributed by atoms with Crippen LogP contribution in [0.3, 0.4) is 0 Å². The zero-order valence-corrected chi connectivity index (χ0v) is 18.2. The molecule has 0 aliphatic rings. The van der Waals surface area contributed by atoms with Crippen LogP contribution in [0.15, 0.2) is 60.0 Å². The van der Waals surface area contributed by atoms with Gasteiger partial charge in [-0.05, 0) is 37.1 Å². The average Bonchev–Trinajstić information content (AvgIpc) is 3.25. The molecule has 0 bridgehead atoms. The molecule has 152 valence electrons. The standard InChI is InChI=1S/C24H29N3OS/c1-4-6-10-18(5-2)23(28)25-20-15-13-19(14-16-20)22-17-29-24(26-22)27(3)21-11-8-7-9-12-21/h7-9,11-18H,4-6,10H2,1-3H3,(H,25,28). The van der Waals surface area contributed by atoms with Gasteiger partial charge in [0.2, 0.25) is 5.91 Å². The Morgan fingerprint density at radius 2 is 1.83 bits per heavy atom. The zero-order valence-electron chi connectivity index (χ0n) is 17.4. The number of carbonyl (C=O) groups excluding carboxylic acids is 1. The van der Waals surface area contributed by atoms with E-state index in [1.807, 2.05) is 49.5 Å². The number of amides is 1. The van der Waals surface area contributed by atoms with Crippen molar-refractivity contribution in [1.29, 1.82) is 0 Å². The van der Waals surface area contributed by atoms with Crippen LogP contribution >= 0.6 is 11.3 Å². The highest BCUT2D eigenvalue weighted by molar-refractivity contribution is 7.14. The van der Waals surface area contributed by atoms with Crippen molar-refractivity contribution in [2.24, 2.45) is 5.92 Å². The van der Waals surface area contributed by atoms with Crippen molar-refractivity contribution in [3.63, 3.8) is 0 Å². The molecule has 0 fully saturated rings. The summed E-state index contributed by atoms with van der Waals surface area (Å²) in [4.78, 5) is 19.4. The van der Waals surface area contributed by atoms with Gasteiger partial charge in [0.1, 0.15) is 0 Å². The molecule has 4 nitrogen and oxygen atoms in total. The van der Waals surface area contributed by atoms with Crippen LogP contribution in [0.2, 0.25) is 0 Å². The Morgan fingerprint density at radius 1 is 1.10 bits per heavy atom. The second-order valence-corrected chi connectivity index (χ2v) is 8.06. The number of anilines is 3. The van der Waals surface area contributed by atoms with Gasteiger partial charge >= 0.3 is 0 Å². The minimum absolute atomic E-state index is 0.0873. The quantitative estimate of drug-likeness (QED) is 0.427. The first-order valence-electron chi connectivity index (χ1n) is 10.3. The van der Waals surface area contributed by atoms with Gasteiger partial charge < -0.3 is 10.2 Å². The fourth-order valence-corrected chi connectivity index (χ4v) is 4.07. The number of aromatic nitrogens is 1. The molecule has 1 heterocycles. The first-order chi connectivity index (χ1) is 14.1. The van der Waals surface area contributed by atoms with E-state index < -0.39 is 0 Å². The summed E-state index contributed by atoms with van der Waals surface area (Å²) in [7, 11) is 2.03. The third kappa shape index (κ3) is 5.45. The lowest BCUT2D eigenvalue weighted by molar-refractivity contribution is -0.120. The van der Waals surface area contributed by atoms with Gasteiger partial charge in [-0.15, -0.1) is 11.3 Å². The summed E-state index contributed by atoms with van der Waals surface area (Å²) in [5.41, 5.74) is 3.94. The molecule has 29 heavy (non-hydrogen) atoms. The summed E-state index contributed by atoms with van der Waals surface area (Å²) in [5.74, 6) is 0.207. The number of rotatable bonds is 9. The fraction of sp³-hybridized carbons (Fsp3) is 0.333. The minimum Gasteiger partial charge on any atom is -0.326 e. The van der Waals surface area contributed by atoms with Gasteiger partial charge in [-0.25, -0.2) is 4.98 Å². The zero-order chi connectivity index (χ0) is 20.6. The Labute approximate surface area is 177 Å². The molecular formula is C24H29N3OS. The summed E-state index contributed by atoms with van der Waals surface area (Å²) >= 11 is 1.62. The Balaban J connectivity index is 1.66. The maximum absolute atomic E-state index is 12.5. The van der Waals surface area contributed by atoms with Crippen molar-refractivity contribution in [1.82, 2.24) is 4.98 Å². The van der Waals surface area contributed by atoms with E-state index in [0.717, 1.165) is 53.4 Å². The molecular weight excluding hydrogens is 378 g/mol. The lowest BCUT2D eigenvalue weighted by Gasteiger charge is -2.15. The lowest BCUT2D eigenvalue weighted by Crippen LogP contribution is -2.22. The maximum Gasteiger partial charge on any atom is 0.227 e. The van der Waals surface area contributed by atoms with Crippen molar-refractivity contribution in [3.05, 3.63) is 60.0 Å². The Hall–Kier alpha value is -2.66. The van der Waals surface area contributed by atoms with E-state index in [1.54, 1.807) is 11.3 Å². The lowest BCUT2D eigenvalue weighted by atomic mass is 9.98. The molecule has 1 amide bonds. The van der Waals surface area contributed by atoms with E-state index in [4.69, 9.17) is 4.98 Å². The first-order valence-corrected chi connectivity index (χ1v) is 11.2. The number of unbranched alkanes of at least 4 members (excludes halogenated alkanes) is 1. The third-order valence-electron chi connectivity index (χ3n) is 5.14. The minimum atomic E-state index is 0.0873.